The van der Waals surface area contributed by atoms with Gasteiger partial charge in [0.25, 0.3) is 0 Å². The van der Waals surface area contributed by atoms with E-state index in [1.165, 1.54) is 6.92 Å². The summed E-state index contributed by atoms with van der Waals surface area (Å²) in [5.74, 6) is -0.756. The van der Waals surface area contributed by atoms with Gasteiger partial charge in [-0.2, -0.15) is 0 Å². The Labute approximate surface area is 131 Å². The number of rotatable bonds is 6. The Morgan fingerprint density at radius 2 is 2.18 bits per heavy atom. The van der Waals surface area contributed by atoms with Crippen LogP contribution in [-0.4, -0.2) is 69.7 Å². The summed E-state index contributed by atoms with van der Waals surface area (Å²) in [7, 11) is 0. The number of hydrogen-bond acceptors (Lipinski definition) is 6. The van der Waals surface area contributed by atoms with Gasteiger partial charge in [-0.3, -0.25) is 4.90 Å². The van der Waals surface area contributed by atoms with E-state index in [0.29, 0.717) is 0 Å². The molecule has 126 valence electrons. The minimum atomic E-state index is -1.89. The van der Waals surface area contributed by atoms with Crippen LogP contribution >= 0.6 is 0 Å². The summed E-state index contributed by atoms with van der Waals surface area (Å²) in [6, 6.07) is -0.0856. The quantitative estimate of drug-likeness (QED) is 0.475. The van der Waals surface area contributed by atoms with Crippen LogP contribution < -0.4 is 0 Å². The van der Waals surface area contributed by atoms with Crippen molar-refractivity contribution in [2.75, 3.05) is 19.7 Å². The molecule has 2 aliphatic rings. The normalized spacial score (nSPS) is 29.1. The minimum absolute atomic E-state index is 0.0458. The van der Waals surface area contributed by atoms with Crippen LogP contribution in [0.1, 0.15) is 33.6 Å². The molecule has 0 spiro atoms. The molecule has 2 rings (SSSR count). The molecule has 0 bridgehead atoms. The lowest BCUT2D eigenvalue weighted by Gasteiger charge is -2.30. The second-order valence-electron chi connectivity index (χ2n) is 6.85. The number of carbonyl (C=O) groups is 1. The van der Waals surface area contributed by atoms with Crippen molar-refractivity contribution in [2.45, 2.75) is 57.5 Å². The predicted octanol–water partition coefficient (Wildman–Crippen LogP) is 0.0628. The van der Waals surface area contributed by atoms with E-state index in [0.717, 1.165) is 25.1 Å². The van der Waals surface area contributed by atoms with Crippen molar-refractivity contribution in [3.05, 3.63) is 11.6 Å². The largest absolute Gasteiger partial charge is 0.459 e. The zero-order chi connectivity index (χ0) is 16.5. The van der Waals surface area contributed by atoms with Crippen LogP contribution in [0.5, 0.6) is 0 Å². The SMILES string of the molecule is CC(C)C[C@](O)(C(=O)OCC1=CCN2CC[C@H](O)[C@@H]12)[C@@H](C)O. The summed E-state index contributed by atoms with van der Waals surface area (Å²) in [6.07, 6.45) is 1.19. The van der Waals surface area contributed by atoms with Crippen molar-refractivity contribution in [1.29, 1.82) is 0 Å². The summed E-state index contributed by atoms with van der Waals surface area (Å²) in [6.45, 7) is 6.76. The Morgan fingerprint density at radius 3 is 2.77 bits per heavy atom. The van der Waals surface area contributed by atoms with E-state index in [1.807, 2.05) is 19.9 Å². The average molecular weight is 313 g/mol. The molecule has 6 heteroatoms. The molecule has 0 radical (unpaired) electrons. The fraction of sp³-hybridized carbons (Fsp3) is 0.812. The van der Waals surface area contributed by atoms with Crippen molar-refractivity contribution in [1.82, 2.24) is 4.90 Å². The number of aliphatic hydroxyl groups is 3. The minimum Gasteiger partial charge on any atom is -0.459 e. The predicted molar refractivity (Wildman–Crippen MR) is 81.1 cm³/mol. The molecule has 0 aromatic heterocycles. The highest BCUT2D eigenvalue weighted by molar-refractivity contribution is 5.80. The summed E-state index contributed by atoms with van der Waals surface area (Å²) in [4.78, 5) is 14.4. The first-order valence-electron chi connectivity index (χ1n) is 7.94. The summed E-state index contributed by atoms with van der Waals surface area (Å²) in [5.41, 5.74) is -1.02. The lowest BCUT2D eigenvalue weighted by molar-refractivity contribution is -0.178. The first kappa shape index (κ1) is 17.4. The van der Waals surface area contributed by atoms with E-state index in [2.05, 4.69) is 4.90 Å². The maximum atomic E-state index is 12.2. The van der Waals surface area contributed by atoms with Crippen LogP contribution in [0.2, 0.25) is 0 Å². The molecule has 0 amide bonds. The number of hydrogen-bond donors (Lipinski definition) is 3. The lowest BCUT2D eigenvalue weighted by atomic mass is 9.88. The van der Waals surface area contributed by atoms with Gasteiger partial charge >= 0.3 is 5.97 Å². The van der Waals surface area contributed by atoms with E-state index < -0.39 is 23.8 Å². The second kappa shape index (κ2) is 6.66. The molecule has 4 atom stereocenters. The Bertz CT molecular complexity index is 448. The molecule has 0 aromatic rings. The molecular weight excluding hydrogens is 286 g/mol. The molecule has 0 aromatic carbocycles. The van der Waals surface area contributed by atoms with E-state index in [9.17, 15) is 20.1 Å². The van der Waals surface area contributed by atoms with Gasteiger partial charge in [-0.05, 0) is 31.3 Å². The molecule has 0 saturated carbocycles. The van der Waals surface area contributed by atoms with Crippen molar-refractivity contribution in [2.24, 2.45) is 5.92 Å². The van der Waals surface area contributed by atoms with Gasteiger partial charge in [0.1, 0.15) is 6.61 Å². The van der Waals surface area contributed by atoms with Gasteiger partial charge in [0.2, 0.25) is 0 Å². The van der Waals surface area contributed by atoms with Crippen molar-refractivity contribution >= 4 is 5.97 Å². The number of fused-ring (bicyclic) bond motifs is 1. The van der Waals surface area contributed by atoms with E-state index in [-0.39, 0.29) is 25.0 Å². The van der Waals surface area contributed by atoms with Crippen LogP contribution in [0.4, 0.5) is 0 Å². The van der Waals surface area contributed by atoms with Gasteiger partial charge in [0.15, 0.2) is 5.60 Å². The molecule has 2 aliphatic heterocycles. The van der Waals surface area contributed by atoms with Crippen LogP contribution in [0, 0.1) is 5.92 Å². The monoisotopic (exact) mass is 313 g/mol. The van der Waals surface area contributed by atoms with Gasteiger partial charge in [-0.15, -0.1) is 0 Å². The van der Waals surface area contributed by atoms with Gasteiger partial charge in [0.05, 0.1) is 18.2 Å². The average Bonchev–Trinajstić information content (AvgIpc) is 2.98. The van der Waals surface area contributed by atoms with Crippen LogP contribution in [0.15, 0.2) is 11.6 Å². The smallest absolute Gasteiger partial charge is 0.341 e. The lowest BCUT2D eigenvalue weighted by Crippen LogP contribution is -2.50. The molecule has 22 heavy (non-hydrogen) atoms. The Hall–Kier alpha value is -0.950. The van der Waals surface area contributed by atoms with Gasteiger partial charge in [-0.1, -0.05) is 19.9 Å². The summed E-state index contributed by atoms with van der Waals surface area (Å²) >= 11 is 0. The highest BCUT2D eigenvalue weighted by atomic mass is 16.6. The van der Waals surface area contributed by atoms with Crippen molar-refractivity contribution < 1.29 is 24.9 Å². The molecular formula is C16H27NO5. The summed E-state index contributed by atoms with van der Waals surface area (Å²) < 4.78 is 5.25. The van der Waals surface area contributed by atoms with E-state index >= 15 is 0 Å². The third-order valence-electron chi connectivity index (χ3n) is 4.57. The third kappa shape index (κ3) is 3.35. The molecule has 6 nitrogen and oxygen atoms in total. The fourth-order valence-corrected chi connectivity index (χ4v) is 3.35. The maximum absolute atomic E-state index is 12.2. The van der Waals surface area contributed by atoms with Crippen molar-refractivity contribution in [3.63, 3.8) is 0 Å². The number of ether oxygens (including phenoxy) is 1. The van der Waals surface area contributed by atoms with Gasteiger partial charge in [0, 0.05) is 13.1 Å². The van der Waals surface area contributed by atoms with Crippen molar-refractivity contribution in [3.8, 4) is 0 Å². The van der Waals surface area contributed by atoms with Gasteiger partial charge < -0.3 is 20.1 Å². The number of aliphatic hydroxyl groups excluding tert-OH is 2. The number of esters is 1. The number of nitrogens with zero attached hydrogens (tertiary/aromatic N) is 1. The molecule has 1 fully saturated rings. The van der Waals surface area contributed by atoms with E-state index in [1.54, 1.807) is 0 Å². The molecule has 2 heterocycles. The fourth-order valence-electron chi connectivity index (χ4n) is 3.35. The first-order chi connectivity index (χ1) is 10.3. The Kier molecular flexibility index (Phi) is 5.27. The highest BCUT2D eigenvalue weighted by Crippen LogP contribution is 2.30. The topological polar surface area (TPSA) is 90.2 Å². The Morgan fingerprint density at radius 1 is 1.50 bits per heavy atom. The molecule has 0 unspecified atom stereocenters. The van der Waals surface area contributed by atoms with E-state index in [4.69, 9.17) is 4.74 Å². The van der Waals surface area contributed by atoms with Crippen LogP contribution in [-0.2, 0) is 9.53 Å². The zero-order valence-corrected chi connectivity index (χ0v) is 13.5. The second-order valence-corrected chi connectivity index (χ2v) is 6.85. The van der Waals surface area contributed by atoms with Crippen LogP contribution in [0.3, 0.4) is 0 Å². The molecule has 0 aliphatic carbocycles. The maximum Gasteiger partial charge on any atom is 0.341 e. The zero-order valence-electron chi connectivity index (χ0n) is 13.5. The van der Waals surface area contributed by atoms with Crippen LogP contribution in [0.25, 0.3) is 0 Å². The molecule has 3 N–H and O–H groups in total. The van der Waals surface area contributed by atoms with Gasteiger partial charge in [-0.25, -0.2) is 4.79 Å². The first-order valence-corrected chi connectivity index (χ1v) is 7.94. The molecule has 1 saturated heterocycles. The summed E-state index contributed by atoms with van der Waals surface area (Å²) in [5, 5.41) is 30.2. The Balaban J connectivity index is 1.97. The highest BCUT2D eigenvalue weighted by Gasteiger charge is 2.44. The third-order valence-corrected chi connectivity index (χ3v) is 4.57. The standard InChI is InChI=1S/C16H27NO5/c1-10(2)8-16(21,11(3)18)15(20)22-9-12-4-6-17-7-5-13(19)14(12)17/h4,10-11,13-14,18-19,21H,5-9H2,1-3H3/t11-,13+,14-,16-/m1/s1. The number of carbonyl (C=O) groups excluding carboxylic acids is 1.